The molecule has 0 spiro atoms. The SMILES string of the molecule is Cc1ccccc1-c1cccc(N=C(N)N)c1-c1ccccc1C. The molecular formula is C21H21N3. The first-order chi connectivity index (χ1) is 11.6. The van der Waals surface area contributed by atoms with Crippen LogP contribution < -0.4 is 11.5 Å². The van der Waals surface area contributed by atoms with Crippen molar-refractivity contribution in [3.8, 4) is 22.3 Å². The molecule has 24 heavy (non-hydrogen) atoms. The predicted octanol–water partition coefficient (Wildman–Crippen LogP) is 4.54. The van der Waals surface area contributed by atoms with Gasteiger partial charge in [-0.25, -0.2) is 4.99 Å². The molecule has 4 N–H and O–H groups in total. The third-order valence-electron chi connectivity index (χ3n) is 4.14. The molecule has 0 unspecified atom stereocenters. The third kappa shape index (κ3) is 3.01. The maximum atomic E-state index is 5.66. The van der Waals surface area contributed by atoms with Crippen molar-refractivity contribution in [3.63, 3.8) is 0 Å². The van der Waals surface area contributed by atoms with Crippen LogP contribution in [0, 0.1) is 13.8 Å². The second-order valence-corrected chi connectivity index (χ2v) is 5.87. The van der Waals surface area contributed by atoms with E-state index in [1.807, 2.05) is 30.3 Å². The van der Waals surface area contributed by atoms with Crippen molar-refractivity contribution in [2.45, 2.75) is 13.8 Å². The van der Waals surface area contributed by atoms with Crippen LogP contribution in [0.2, 0.25) is 0 Å². The first-order valence-electron chi connectivity index (χ1n) is 7.92. The number of guanidine groups is 1. The van der Waals surface area contributed by atoms with Gasteiger partial charge in [-0.05, 0) is 47.7 Å². The summed E-state index contributed by atoms with van der Waals surface area (Å²) in [5.41, 5.74) is 19.0. The minimum absolute atomic E-state index is 0.0618. The quantitative estimate of drug-likeness (QED) is 0.550. The Morgan fingerprint density at radius 3 is 1.79 bits per heavy atom. The summed E-state index contributed by atoms with van der Waals surface area (Å²) in [7, 11) is 0. The van der Waals surface area contributed by atoms with Gasteiger partial charge in [0, 0.05) is 5.56 Å². The number of nitrogens with zero attached hydrogens (tertiary/aromatic N) is 1. The lowest BCUT2D eigenvalue weighted by atomic mass is 9.89. The van der Waals surface area contributed by atoms with Crippen LogP contribution in [0.15, 0.2) is 71.7 Å². The molecule has 3 heteroatoms. The first kappa shape index (κ1) is 15.8. The minimum atomic E-state index is 0.0618. The van der Waals surface area contributed by atoms with Crippen LogP contribution in [-0.2, 0) is 0 Å². The molecule has 0 saturated carbocycles. The van der Waals surface area contributed by atoms with Crippen LogP contribution in [-0.4, -0.2) is 5.96 Å². The van der Waals surface area contributed by atoms with Gasteiger partial charge in [-0.1, -0.05) is 60.7 Å². The van der Waals surface area contributed by atoms with Crippen molar-refractivity contribution < 1.29 is 0 Å². The average molecular weight is 315 g/mol. The normalized spacial score (nSPS) is 10.4. The molecule has 0 aliphatic carbocycles. The molecule has 0 saturated heterocycles. The highest BCUT2D eigenvalue weighted by atomic mass is 15.0. The van der Waals surface area contributed by atoms with Gasteiger partial charge in [-0.15, -0.1) is 0 Å². The van der Waals surface area contributed by atoms with Crippen molar-refractivity contribution in [3.05, 3.63) is 77.9 Å². The van der Waals surface area contributed by atoms with Gasteiger partial charge in [0.05, 0.1) is 5.69 Å². The molecule has 3 nitrogen and oxygen atoms in total. The maximum absolute atomic E-state index is 5.66. The van der Waals surface area contributed by atoms with E-state index in [0.717, 1.165) is 22.4 Å². The number of nitrogens with two attached hydrogens (primary N) is 2. The zero-order valence-electron chi connectivity index (χ0n) is 14.0. The van der Waals surface area contributed by atoms with Gasteiger partial charge in [0.1, 0.15) is 0 Å². The number of hydrogen-bond acceptors (Lipinski definition) is 1. The highest BCUT2D eigenvalue weighted by Crippen LogP contribution is 2.41. The molecule has 0 aliphatic rings. The second-order valence-electron chi connectivity index (χ2n) is 5.87. The van der Waals surface area contributed by atoms with Gasteiger partial charge in [-0.2, -0.15) is 0 Å². The zero-order chi connectivity index (χ0) is 17.1. The first-order valence-corrected chi connectivity index (χ1v) is 7.92. The van der Waals surface area contributed by atoms with Crippen LogP contribution in [0.25, 0.3) is 22.3 Å². The van der Waals surface area contributed by atoms with E-state index < -0.39 is 0 Å². The molecule has 0 aromatic heterocycles. The zero-order valence-corrected chi connectivity index (χ0v) is 14.0. The monoisotopic (exact) mass is 315 g/mol. The number of aliphatic imine (C=N–C) groups is 1. The Hall–Kier alpha value is -3.07. The molecule has 3 rings (SSSR count). The lowest BCUT2D eigenvalue weighted by molar-refractivity contribution is 1.39. The fraction of sp³-hybridized carbons (Fsp3) is 0.0952. The van der Waals surface area contributed by atoms with Gasteiger partial charge in [-0.3, -0.25) is 0 Å². The fourth-order valence-corrected chi connectivity index (χ4v) is 3.01. The van der Waals surface area contributed by atoms with Crippen LogP contribution in [0.1, 0.15) is 11.1 Å². The van der Waals surface area contributed by atoms with Gasteiger partial charge in [0.2, 0.25) is 0 Å². The molecule has 0 fully saturated rings. The van der Waals surface area contributed by atoms with Crippen LogP contribution in [0.3, 0.4) is 0 Å². The fourth-order valence-electron chi connectivity index (χ4n) is 3.01. The molecule has 0 atom stereocenters. The predicted molar refractivity (Wildman–Crippen MR) is 102 cm³/mol. The van der Waals surface area contributed by atoms with E-state index >= 15 is 0 Å². The van der Waals surface area contributed by atoms with E-state index in [2.05, 4.69) is 55.2 Å². The smallest absolute Gasteiger partial charge is 0.191 e. The number of aryl methyl sites for hydroxylation is 2. The minimum Gasteiger partial charge on any atom is -0.370 e. The molecule has 120 valence electrons. The number of hydrogen-bond donors (Lipinski definition) is 2. The van der Waals surface area contributed by atoms with E-state index in [1.165, 1.54) is 16.7 Å². The van der Waals surface area contributed by atoms with E-state index in [1.54, 1.807) is 0 Å². The van der Waals surface area contributed by atoms with Crippen LogP contribution in [0.5, 0.6) is 0 Å². The number of benzene rings is 3. The Morgan fingerprint density at radius 1 is 0.667 bits per heavy atom. The summed E-state index contributed by atoms with van der Waals surface area (Å²) in [4.78, 5) is 4.36. The third-order valence-corrected chi connectivity index (χ3v) is 4.14. The number of rotatable bonds is 3. The average Bonchev–Trinajstić information content (AvgIpc) is 2.55. The Morgan fingerprint density at radius 2 is 1.21 bits per heavy atom. The summed E-state index contributed by atoms with van der Waals surface area (Å²) in [6.07, 6.45) is 0. The highest BCUT2D eigenvalue weighted by Gasteiger charge is 2.15. The Labute approximate surface area is 142 Å². The lowest BCUT2D eigenvalue weighted by Gasteiger charge is -2.16. The lowest BCUT2D eigenvalue weighted by Crippen LogP contribution is -2.22. The molecule has 3 aromatic carbocycles. The van der Waals surface area contributed by atoms with E-state index in [-0.39, 0.29) is 5.96 Å². The van der Waals surface area contributed by atoms with E-state index in [9.17, 15) is 0 Å². The van der Waals surface area contributed by atoms with Gasteiger partial charge < -0.3 is 11.5 Å². The molecule has 0 heterocycles. The molecule has 0 radical (unpaired) electrons. The molecule has 0 aliphatic heterocycles. The highest BCUT2D eigenvalue weighted by molar-refractivity contribution is 5.94. The van der Waals surface area contributed by atoms with Crippen LogP contribution in [0.4, 0.5) is 5.69 Å². The van der Waals surface area contributed by atoms with Crippen LogP contribution >= 0.6 is 0 Å². The molecule has 0 amide bonds. The van der Waals surface area contributed by atoms with Crippen molar-refractivity contribution in [1.82, 2.24) is 0 Å². The Bertz CT molecular complexity index is 906. The van der Waals surface area contributed by atoms with Crippen molar-refractivity contribution in [2.24, 2.45) is 16.5 Å². The Balaban J connectivity index is 2.37. The van der Waals surface area contributed by atoms with E-state index in [0.29, 0.717) is 0 Å². The molecular weight excluding hydrogens is 294 g/mol. The summed E-state index contributed by atoms with van der Waals surface area (Å²) in [5, 5.41) is 0. The van der Waals surface area contributed by atoms with Gasteiger partial charge >= 0.3 is 0 Å². The summed E-state index contributed by atoms with van der Waals surface area (Å²) >= 11 is 0. The van der Waals surface area contributed by atoms with Crippen molar-refractivity contribution in [1.29, 1.82) is 0 Å². The summed E-state index contributed by atoms with van der Waals surface area (Å²) in [6.45, 7) is 4.22. The largest absolute Gasteiger partial charge is 0.370 e. The second kappa shape index (κ2) is 6.59. The van der Waals surface area contributed by atoms with Gasteiger partial charge in [0.25, 0.3) is 0 Å². The standard InChI is InChI=1S/C21H21N3/c1-14-8-3-5-10-16(14)18-12-7-13-19(24-21(22)23)20(18)17-11-6-4-9-15(17)2/h3-13H,1-2H3,(H4,22,23,24). The molecule has 3 aromatic rings. The van der Waals surface area contributed by atoms with Crippen molar-refractivity contribution >= 4 is 11.6 Å². The van der Waals surface area contributed by atoms with Gasteiger partial charge in [0.15, 0.2) is 5.96 Å². The topological polar surface area (TPSA) is 64.4 Å². The molecule has 0 bridgehead atoms. The Kier molecular flexibility index (Phi) is 4.34. The summed E-state index contributed by atoms with van der Waals surface area (Å²) in [6, 6.07) is 22.7. The maximum Gasteiger partial charge on any atom is 0.191 e. The van der Waals surface area contributed by atoms with E-state index in [4.69, 9.17) is 11.5 Å². The summed E-state index contributed by atoms with van der Waals surface area (Å²) < 4.78 is 0. The van der Waals surface area contributed by atoms with Crippen molar-refractivity contribution in [2.75, 3.05) is 0 Å². The summed E-state index contributed by atoms with van der Waals surface area (Å²) in [5.74, 6) is 0.0618.